The Morgan fingerprint density at radius 3 is 2.62 bits per heavy atom. The summed E-state index contributed by atoms with van der Waals surface area (Å²) < 4.78 is 5.45. The molecule has 1 aromatic rings. The van der Waals surface area contributed by atoms with Crippen LogP contribution in [0.1, 0.15) is 62.8 Å². The lowest BCUT2D eigenvalue weighted by Crippen LogP contribution is -2.28. The molecule has 0 spiro atoms. The smallest absolute Gasteiger partial charge is 0.124 e. The Morgan fingerprint density at radius 2 is 2.06 bits per heavy atom. The Morgan fingerprint density at radius 1 is 1.31 bits per heavy atom. The van der Waals surface area contributed by atoms with Gasteiger partial charge in [0.15, 0.2) is 0 Å². The molecular weight excluding hydrogens is 200 g/mol. The van der Waals surface area contributed by atoms with Crippen LogP contribution in [0, 0.1) is 6.92 Å². The summed E-state index contributed by atoms with van der Waals surface area (Å²) in [4.78, 5) is 0. The lowest BCUT2D eigenvalue weighted by Gasteiger charge is -2.14. The van der Waals surface area contributed by atoms with Gasteiger partial charge in [-0.2, -0.15) is 0 Å². The van der Waals surface area contributed by atoms with Crippen molar-refractivity contribution in [1.29, 1.82) is 0 Å². The zero-order valence-electron chi connectivity index (χ0n) is 10.5. The fourth-order valence-corrected chi connectivity index (χ4v) is 1.98. The van der Waals surface area contributed by atoms with E-state index < -0.39 is 0 Å². The van der Waals surface area contributed by atoms with E-state index in [2.05, 4.69) is 19.3 Å². The monoisotopic (exact) mass is 224 g/mol. The topological polar surface area (TPSA) is 51.2 Å². The molecule has 0 amide bonds. The van der Waals surface area contributed by atoms with E-state index in [-0.39, 0.29) is 6.04 Å². The van der Waals surface area contributed by atoms with E-state index in [1.165, 1.54) is 37.7 Å². The number of unbranched alkanes of at least 4 members (excludes halogenated alkanes) is 4. The Hall–Kier alpha value is -0.800. The molecule has 0 fully saturated rings. The molecule has 3 N–H and O–H groups in total. The SMILES string of the molecule is CCCCCCCC(NN)c1occc1C. The summed E-state index contributed by atoms with van der Waals surface area (Å²) in [6.07, 6.45) is 9.21. The average Bonchev–Trinajstić information content (AvgIpc) is 2.70. The van der Waals surface area contributed by atoms with Gasteiger partial charge >= 0.3 is 0 Å². The molecule has 1 atom stereocenters. The van der Waals surface area contributed by atoms with Crippen molar-refractivity contribution in [3.63, 3.8) is 0 Å². The van der Waals surface area contributed by atoms with Gasteiger partial charge in [0.25, 0.3) is 0 Å². The minimum Gasteiger partial charge on any atom is -0.467 e. The van der Waals surface area contributed by atoms with Crippen LogP contribution in [-0.4, -0.2) is 0 Å². The largest absolute Gasteiger partial charge is 0.467 e. The minimum absolute atomic E-state index is 0.164. The first-order chi connectivity index (χ1) is 7.79. The van der Waals surface area contributed by atoms with Gasteiger partial charge in [-0.05, 0) is 25.0 Å². The number of furan rings is 1. The molecule has 1 unspecified atom stereocenters. The minimum atomic E-state index is 0.164. The molecule has 0 bridgehead atoms. The zero-order chi connectivity index (χ0) is 11.8. The standard InChI is InChI=1S/C13H24N2O/c1-3-4-5-6-7-8-12(15-14)13-11(2)9-10-16-13/h9-10,12,15H,3-8,14H2,1-2H3. The van der Waals surface area contributed by atoms with Crippen LogP contribution in [0.5, 0.6) is 0 Å². The first kappa shape index (κ1) is 13.3. The van der Waals surface area contributed by atoms with Crippen molar-refractivity contribution >= 4 is 0 Å². The zero-order valence-corrected chi connectivity index (χ0v) is 10.5. The summed E-state index contributed by atoms with van der Waals surface area (Å²) >= 11 is 0. The van der Waals surface area contributed by atoms with Crippen molar-refractivity contribution in [1.82, 2.24) is 5.43 Å². The lowest BCUT2D eigenvalue weighted by molar-refractivity contribution is 0.386. The van der Waals surface area contributed by atoms with Crippen molar-refractivity contribution in [2.24, 2.45) is 5.84 Å². The molecule has 16 heavy (non-hydrogen) atoms. The lowest BCUT2D eigenvalue weighted by atomic mass is 10.0. The molecule has 1 heterocycles. The second-order valence-electron chi connectivity index (χ2n) is 4.39. The van der Waals surface area contributed by atoms with Crippen molar-refractivity contribution in [2.75, 3.05) is 0 Å². The molecule has 3 heteroatoms. The highest BCUT2D eigenvalue weighted by atomic mass is 16.3. The van der Waals surface area contributed by atoms with Crippen LogP contribution in [0.25, 0.3) is 0 Å². The third-order valence-corrected chi connectivity index (χ3v) is 3.02. The summed E-state index contributed by atoms with van der Waals surface area (Å²) in [6.45, 7) is 4.29. The summed E-state index contributed by atoms with van der Waals surface area (Å²) in [5.74, 6) is 6.55. The molecular formula is C13H24N2O. The van der Waals surface area contributed by atoms with E-state index >= 15 is 0 Å². The Kier molecular flexibility index (Phi) is 6.19. The highest BCUT2D eigenvalue weighted by molar-refractivity contribution is 5.17. The van der Waals surface area contributed by atoms with Gasteiger partial charge in [0.2, 0.25) is 0 Å². The third kappa shape index (κ3) is 3.99. The second kappa shape index (κ2) is 7.47. The van der Waals surface area contributed by atoms with Gasteiger partial charge in [0.1, 0.15) is 5.76 Å². The number of hydrogen-bond donors (Lipinski definition) is 2. The van der Waals surface area contributed by atoms with E-state index in [0.717, 1.165) is 12.2 Å². The van der Waals surface area contributed by atoms with Gasteiger partial charge < -0.3 is 4.42 Å². The van der Waals surface area contributed by atoms with Gasteiger partial charge in [-0.25, -0.2) is 5.43 Å². The fourth-order valence-electron chi connectivity index (χ4n) is 1.98. The van der Waals surface area contributed by atoms with E-state index in [0.29, 0.717) is 0 Å². The average molecular weight is 224 g/mol. The highest BCUT2D eigenvalue weighted by Gasteiger charge is 2.14. The number of rotatable bonds is 8. The molecule has 1 aromatic heterocycles. The molecule has 0 aliphatic carbocycles. The summed E-state index contributed by atoms with van der Waals surface area (Å²) in [5, 5.41) is 0. The quantitative estimate of drug-likeness (QED) is 0.404. The maximum atomic E-state index is 5.56. The molecule has 0 radical (unpaired) electrons. The van der Waals surface area contributed by atoms with E-state index in [1.54, 1.807) is 6.26 Å². The van der Waals surface area contributed by atoms with Crippen LogP contribution in [-0.2, 0) is 0 Å². The number of nitrogens with two attached hydrogens (primary N) is 1. The van der Waals surface area contributed by atoms with Crippen LogP contribution in [0.3, 0.4) is 0 Å². The van der Waals surface area contributed by atoms with Crippen molar-refractivity contribution < 1.29 is 4.42 Å². The van der Waals surface area contributed by atoms with Crippen molar-refractivity contribution in [3.05, 3.63) is 23.7 Å². The summed E-state index contributed by atoms with van der Waals surface area (Å²) in [7, 11) is 0. The first-order valence-electron chi connectivity index (χ1n) is 6.29. The van der Waals surface area contributed by atoms with E-state index in [1.807, 2.05) is 6.07 Å². The van der Waals surface area contributed by atoms with Gasteiger partial charge in [-0.15, -0.1) is 0 Å². The summed E-state index contributed by atoms with van der Waals surface area (Å²) in [5.41, 5.74) is 4.02. The maximum Gasteiger partial charge on any atom is 0.124 e. The van der Waals surface area contributed by atoms with Crippen LogP contribution >= 0.6 is 0 Å². The number of nitrogens with one attached hydrogen (secondary N) is 1. The van der Waals surface area contributed by atoms with Gasteiger partial charge in [-0.1, -0.05) is 39.0 Å². The van der Waals surface area contributed by atoms with E-state index in [9.17, 15) is 0 Å². The van der Waals surface area contributed by atoms with Crippen LogP contribution in [0.15, 0.2) is 16.7 Å². The Bertz CT molecular complexity index is 283. The number of hydrogen-bond acceptors (Lipinski definition) is 3. The molecule has 0 saturated heterocycles. The van der Waals surface area contributed by atoms with Crippen LogP contribution in [0.4, 0.5) is 0 Å². The van der Waals surface area contributed by atoms with Crippen LogP contribution < -0.4 is 11.3 Å². The Labute approximate surface area is 98.4 Å². The normalized spacial score (nSPS) is 12.9. The Balaban J connectivity index is 2.30. The first-order valence-corrected chi connectivity index (χ1v) is 6.29. The number of aryl methyl sites for hydroxylation is 1. The molecule has 0 saturated carbocycles. The second-order valence-corrected chi connectivity index (χ2v) is 4.39. The predicted octanol–water partition coefficient (Wildman–Crippen LogP) is 3.45. The highest BCUT2D eigenvalue weighted by Crippen LogP contribution is 2.23. The molecule has 0 aliphatic rings. The molecule has 92 valence electrons. The van der Waals surface area contributed by atoms with Crippen molar-refractivity contribution in [2.45, 2.75) is 58.4 Å². The van der Waals surface area contributed by atoms with Gasteiger partial charge in [0, 0.05) is 0 Å². The third-order valence-electron chi connectivity index (χ3n) is 3.02. The van der Waals surface area contributed by atoms with E-state index in [4.69, 9.17) is 10.3 Å². The molecule has 1 rings (SSSR count). The molecule has 0 aliphatic heterocycles. The van der Waals surface area contributed by atoms with Gasteiger partial charge in [0.05, 0.1) is 12.3 Å². The molecule has 0 aromatic carbocycles. The maximum absolute atomic E-state index is 5.56. The van der Waals surface area contributed by atoms with Crippen LogP contribution in [0.2, 0.25) is 0 Å². The predicted molar refractivity (Wildman–Crippen MR) is 66.9 cm³/mol. The summed E-state index contributed by atoms with van der Waals surface area (Å²) in [6, 6.07) is 2.15. The van der Waals surface area contributed by atoms with Gasteiger partial charge in [-0.3, -0.25) is 5.84 Å². The molecule has 3 nitrogen and oxygen atoms in total. The fraction of sp³-hybridized carbons (Fsp3) is 0.692. The van der Waals surface area contributed by atoms with Crippen molar-refractivity contribution in [3.8, 4) is 0 Å². The number of hydrazine groups is 1.